The number of nitrogens with zero attached hydrogens (tertiary/aromatic N) is 2. The van der Waals surface area contributed by atoms with Crippen LogP contribution in [0.2, 0.25) is 0 Å². The van der Waals surface area contributed by atoms with Gasteiger partial charge in [0, 0.05) is 18.2 Å². The molecule has 0 aliphatic rings. The van der Waals surface area contributed by atoms with E-state index in [1.165, 1.54) is 0 Å². The van der Waals surface area contributed by atoms with Crippen molar-refractivity contribution in [3.8, 4) is 11.6 Å². The number of hydrogen-bond donors (Lipinski definition) is 0. The number of pyridine rings is 2. The lowest BCUT2D eigenvalue weighted by Gasteiger charge is -2.03. The highest BCUT2D eigenvalue weighted by atomic mass is 79.9. The molecule has 0 N–H and O–H groups in total. The zero-order valence-corrected chi connectivity index (χ0v) is 10.8. The standard InChI is InChI=1S/C12H13BrN2O/c1-14-8-5-10(6-9-14)16-12-11(13)4-3-7-15(12)2/h3-9H,1-2H3/q+2. The predicted molar refractivity (Wildman–Crippen MR) is 63.0 cm³/mol. The molecule has 3 nitrogen and oxygen atoms in total. The van der Waals surface area contributed by atoms with Crippen LogP contribution >= 0.6 is 15.9 Å². The maximum absolute atomic E-state index is 5.80. The first-order valence-corrected chi connectivity index (χ1v) is 5.73. The van der Waals surface area contributed by atoms with Gasteiger partial charge in [-0.15, -0.1) is 0 Å². The molecule has 0 fully saturated rings. The third-order valence-corrected chi connectivity index (χ3v) is 2.84. The van der Waals surface area contributed by atoms with Crippen LogP contribution in [0.4, 0.5) is 0 Å². The number of halogens is 1. The van der Waals surface area contributed by atoms with Crippen molar-refractivity contribution in [3.05, 3.63) is 47.3 Å². The molecule has 2 heterocycles. The van der Waals surface area contributed by atoms with Crippen LogP contribution in [0.3, 0.4) is 0 Å². The number of hydrogen-bond acceptors (Lipinski definition) is 1. The molecule has 0 amide bonds. The Morgan fingerprint density at radius 2 is 1.75 bits per heavy atom. The van der Waals surface area contributed by atoms with Crippen LogP contribution in [0.1, 0.15) is 0 Å². The van der Waals surface area contributed by atoms with Gasteiger partial charge in [0.05, 0.1) is 0 Å². The van der Waals surface area contributed by atoms with Crippen molar-refractivity contribution >= 4 is 15.9 Å². The highest BCUT2D eigenvalue weighted by Crippen LogP contribution is 2.24. The van der Waals surface area contributed by atoms with Gasteiger partial charge in [-0.2, -0.15) is 4.57 Å². The van der Waals surface area contributed by atoms with Gasteiger partial charge in [0.15, 0.2) is 18.6 Å². The van der Waals surface area contributed by atoms with Crippen LogP contribution in [0.5, 0.6) is 11.6 Å². The largest absolute Gasteiger partial charge is 0.404 e. The number of aryl methyl sites for hydroxylation is 2. The zero-order valence-electron chi connectivity index (χ0n) is 9.22. The smallest absolute Gasteiger partial charge is 0.387 e. The van der Waals surface area contributed by atoms with Crippen LogP contribution in [0.15, 0.2) is 47.3 Å². The predicted octanol–water partition coefficient (Wildman–Crippen LogP) is 1.89. The molecule has 0 bridgehead atoms. The monoisotopic (exact) mass is 280 g/mol. The van der Waals surface area contributed by atoms with Crippen molar-refractivity contribution in [1.29, 1.82) is 0 Å². The molecule has 0 atom stereocenters. The molecular formula is C12H13BrN2O+2. The minimum atomic E-state index is 0.788. The summed E-state index contributed by atoms with van der Waals surface area (Å²) >= 11 is 3.47. The highest BCUT2D eigenvalue weighted by Gasteiger charge is 2.13. The van der Waals surface area contributed by atoms with Gasteiger partial charge in [-0.25, -0.2) is 4.57 Å². The van der Waals surface area contributed by atoms with Gasteiger partial charge in [-0.3, -0.25) is 0 Å². The first-order valence-electron chi connectivity index (χ1n) is 4.94. The minimum Gasteiger partial charge on any atom is -0.404 e. The van der Waals surface area contributed by atoms with E-state index >= 15 is 0 Å². The highest BCUT2D eigenvalue weighted by molar-refractivity contribution is 9.10. The van der Waals surface area contributed by atoms with Crippen LogP contribution < -0.4 is 13.9 Å². The molecule has 16 heavy (non-hydrogen) atoms. The molecule has 0 aliphatic carbocycles. The second kappa shape index (κ2) is 4.61. The summed E-state index contributed by atoms with van der Waals surface area (Å²) in [5.74, 6) is 1.61. The van der Waals surface area contributed by atoms with Gasteiger partial charge in [-0.1, -0.05) is 0 Å². The van der Waals surface area contributed by atoms with Crippen molar-refractivity contribution in [2.24, 2.45) is 14.1 Å². The maximum Gasteiger partial charge on any atom is 0.387 e. The summed E-state index contributed by atoms with van der Waals surface area (Å²) in [5.41, 5.74) is 0. The van der Waals surface area contributed by atoms with Gasteiger partial charge < -0.3 is 4.74 Å². The van der Waals surface area contributed by atoms with E-state index in [4.69, 9.17) is 4.74 Å². The van der Waals surface area contributed by atoms with E-state index in [2.05, 4.69) is 15.9 Å². The van der Waals surface area contributed by atoms with Crippen molar-refractivity contribution in [2.45, 2.75) is 0 Å². The Bertz CT molecular complexity index is 477. The van der Waals surface area contributed by atoms with Crippen molar-refractivity contribution in [1.82, 2.24) is 0 Å². The third kappa shape index (κ3) is 2.39. The second-order valence-electron chi connectivity index (χ2n) is 3.57. The average Bonchev–Trinajstić information content (AvgIpc) is 2.26. The normalized spacial score (nSPS) is 10.2. The van der Waals surface area contributed by atoms with Crippen LogP contribution in [0, 0.1) is 0 Å². The summed E-state index contributed by atoms with van der Waals surface area (Å²) < 4.78 is 10.6. The van der Waals surface area contributed by atoms with Gasteiger partial charge in [0.1, 0.15) is 24.3 Å². The molecule has 0 aliphatic heterocycles. The molecule has 0 spiro atoms. The first kappa shape index (κ1) is 11.1. The Morgan fingerprint density at radius 3 is 2.38 bits per heavy atom. The van der Waals surface area contributed by atoms with Crippen molar-refractivity contribution in [2.75, 3.05) is 0 Å². The molecule has 0 aromatic carbocycles. The quantitative estimate of drug-likeness (QED) is 0.768. The topological polar surface area (TPSA) is 17.0 Å². The lowest BCUT2D eigenvalue weighted by atomic mass is 10.4. The third-order valence-electron chi connectivity index (χ3n) is 2.24. The van der Waals surface area contributed by atoms with Crippen molar-refractivity contribution in [3.63, 3.8) is 0 Å². The van der Waals surface area contributed by atoms with E-state index in [0.717, 1.165) is 16.1 Å². The Hall–Kier alpha value is -1.42. The van der Waals surface area contributed by atoms with Crippen LogP contribution in [0.25, 0.3) is 0 Å². The maximum atomic E-state index is 5.80. The fourth-order valence-electron chi connectivity index (χ4n) is 1.35. The van der Waals surface area contributed by atoms with E-state index < -0.39 is 0 Å². The molecule has 0 saturated carbocycles. The Morgan fingerprint density at radius 1 is 1.06 bits per heavy atom. The van der Waals surface area contributed by atoms with Gasteiger partial charge in [0.25, 0.3) is 0 Å². The fourth-order valence-corrected chi connectivity index (χ4v) is 1.87. The summed E-state index contributed by atoms with van der Waals surface area (Å²) in [5, 5.41) is 0. The minimum absolute atomic E-state index is 0.788. The molecule has 82 valence electrons. The molecule has 2 aromatic rings. The molecule has 0 radical (unpaired) electrons. The van der Waals surface area contributed by atoms with Gasteiger partial charge in [0.2, 0.25) is 0 Å². The Balaban J connectivity index is 2.30. The number of aromatic nitrogens is 2. The summed E-state index contributed by atoms with van der Waals surface area (Å²) in [7, 11) is 3.92. The summed E-state index contributed by atoms with van der Waals surface area (Å²) in [6, 6.07) is 7.78. The lowest BCUT2D eigenvalue weighted by molar-refractivity contribution is -0.677. The zero-order chi connectivity index (χ0) is 11.5. The summed E-state index contributed by atoms with van der Waals surface area (Å²) in [6.45, 7) is 0. The summed E-state index contributed by atoms with van der Waals surface area (Å²) in [6.07, 6.45) is 5.85. The molecule has 0 saturated heterocycles. The van der Waals surface area contributed by atoms with Gasteiger partial charge in [-0.05, 0) is 22.0 Å². The van der Waals surface area contributed by atoms with Crippen LogP contribution in [-0.2, 0) is 14.1 Å². The molecular weight excluding hydrogens is 268 g/mol. The van der Waals surface area contributed by atoms with E-state index in [1.807, 2.05) is 66.1 Å². The fraction of sp³-hybridized carbons (Fsp3) is 0.167. The van der Waals surface area contributed by atoms with E-state index in [9.17, 15) is 0 Å². The number of rotatable bonds is 2. The Kier molecular flexibility index (Phi) is 3.19. The van der Waals surface area contributed by atoms with Crippen LogP contribution in [-0.4, -0.2) is 0 Å². The molecule has 2 aromatic heterocycles. The Labute approximate surface area is 103 Å². The molecule has 4 heteroatoms. The second-order valence-corrected chi connectivity index (χ2v) is 4.43. The SMILES string of the molecule is C[n+]1ccc(Oc2c(Br)ccc[n+]2C)cc1. The van der Waals surface area contributed by atoms with E-state index in [-0.39, 0.29) is 0 Å². The van der Waals surface area contributed by atoms with E-state index in [0.29, 0.717) is 0 Å². The first-order chi connectivity index (χ1) is 7.66. The number of ether oxygens (including phenoxy) is 1. The average molecular weight is 281 g/mol. The summed E-state index contributed by atoms with van der Waals surface area (Å²) in [4.78, 5) is 0. The van der Waals surface area contributed by atoms with Gasteiger partial charge >= 0.3 is 5.88 Å². The lowest BCUT2D eigenvalue weighted by Crippen LogP contribution is -2.30. The molecule has 0 unspecified atom stereocenters. The van der Waals surface area contributed by atoms with E-state index in [1.54, 1.807) is 0 Å². The van der Waals surface area contributed by atoms with Crippen molar-refractivity contribution < 1.29 is 13.9 Å². The molecule has 2 rings (SSSR count).